The van der Waals surface area contributed by atoms with Crippen molar-refractivity contribution in [1.82, 2.24) is 10.3 Å². The van der Waals surface area contributed by atoms with Gasteiger partial charge in [-0.15, -0.1) is 0 Å². The second-order valence-corrected chi connectivity index (χ2v) is 5.86. The lowest BCUT2D eigenvalue weighted by Gasteiger charge is -2.13. The first-order valence-corrected chi connectivity index (χ1v) is 7.61. The molecule has 1 unspecified atom stereocenters. The van der Waals surface area contributed by atoms with E-state index in [2.05, 4.69) is 45.3 Å². The highest BCUT2D eigenvalue weighted by Crippen LogP contribution is 2.18. The molecule has 0 fully saturated rings. The van der Waals surface area contributed by atoms with Crippen LogP contribution in [0.5, 0.6) is 0 Å². The van der Waals surface area contributed by atoms with E-state index in [1.165, 1.54) is 5.56 Å². The highest BCUT2D eigenvalue weighted by Gasteiger charge is 2.12. The third kappa shape index (κ3) is 4.29. The van der Waals surface area contributed by atoms with Crippen molar-refractivity contribution in [2.24, 2.45) is 0 Å². The Morgan fingerprint density at radius 3 is 2.81 bits per heavy atom. The number of nitrogens with zero attached hydrogens (tertiary/aromatic N) is 1. The van der Waals surface area contributed by atoms with Gasteiger partial charge in [0, 0.05) is 17.2 Å². The molecule has 5 heteroatoms. The molecule has 1 amide bonds. The van der Waals surface area contributed by atoms with E-state index in [4.69, 9.17) is 5.73 Å². The highest BCUT2D eigenvalue weighted by molar-refractivity contribution is 9.10. The molecule has 1 aromatic carbocycles. The van der Waals surface area contributed by atoms with Crippen LogP contribution in [0.1, 0.15) is 35.2 Å². The van der Waals surface area contributed by atoms with Crippen molar-refractivity contribution in [2.75, 3.05) is 12.3 Å². The van der Waals surface area contributed by atoms with Gasteiger partial charge in [-0.1, -0.05) is 37.3 Å². The van der Waals surface area contributed by atoms with Crippen LogP contribution in [0.3, 0.4) is 0 Å². The highest BCUT2D eigenvalue weighted by atomic mass is 79.9. The van der Waals surface area contributed by atoms with Crippen LogP contribution in [0.4, 0.5) is 5.82 Å². The Balaban J connectivity index is 1.88. The first-order chi connectivity index (χ1) is 10.1. The number of anilines is 1. The summed E-state index contributed by atoms with van der Waals surface area (Å²) in [5.74, 6) is 0.442. The van der Waals surface area contributed by atoms with Crippen molar-refractivity contribution in [3.05, 3.63) is 58.2 Å². The van der Waals surface area contributed by atoms with E-state index >= 15 is 0 Å². The number of benzene rings is 1. The van der Waals surface area contributed by atoms with Crippen molar-refractivity contribution in [3.63, 3.8) is 0 Å². The molecule has 3 N–H and O–H groups in total. The van der Waals surface area contributed by atoms with Crippen molar-refractivity contribution in [1.29, 1.82) is 0 Å². The third-order valence-corrected chi connectivity index (χ3v) is 3.79. The molecule has 1 aromatic heterocycles. The normalized spacial score (nSPS) is 11.9. The van der Waals surface area contributed by atoms with E-state index in [9.17, 15) is 4.79 Å². The van der Waals surface area contributed by atoms with Crippen LogP contribution >= 0.6 is 15.9 Å². The summed E-state index contributed by atoms with van der Waals surface area (Å²) in [6.45, 7) is 2.75. The summed E-state index contributed by atoms with van der Waals surface area (Å²) in [6, 6.07) is 11.9. The standard InChI is InChI=1S/C16H18BrN3O/c1-11(12-5-3-2-4-6-12)7-8-19-16(21)14-9-13(17)10-20-15(14)18/h2-6,9-11H,7-8H2,1H3,(H2,18,20)(H,19,21). The van der Waals surface area contributed by atoms with Crippen LogP contribution < -0.4 is 11.1 Å². The zero-order valence-electron chi connectivity index (χ0n) is 11.8. The SMILES string of the molecule is CC(CCNC(=O)c1cc(Br)cnc1N)c1ccccc1. The topological polar surface area (TPSA) is 68.0 Å². The summed E-state index contributed by atoms with van der Waals surface area (Å²) in [5.41, 5.74) is 7.39. The lowest BCUT2D eigenvalue weighted by molar-refractivity contribution is 0.0953. The molecular formula is C16H18BrN3O. The van der Waals surface area contributed by atoms with E-state index in [0.29, 0.717) is 18.0 Å². The van der Waals surface area contributed by atoms with Gasteiger partial charge in [0.2, 0.25) is 0 Å². The molecule has 0 aliphatic rings. The number of aromatic nitrogens is 1. The number of nitrogens with two attached hydrogens (primary N) is 1. The first kappa shape index (κ1) is 15.5. The molecule has 2 aromatic rings. The van der Waals surface area contributed by atoms with Crippen molar-refractivity contribution >= 4 is 27.7 Å². The van der Waals surface area contributed by atoms with Gasteiger partial charge in [-0.3, -0.25) is 4.79 Å². The van der Waals surface area contributed by atoms with E-state index in [1.807, 2.05) is 18.2 Å². The summed E-state index contributed by atoms with van der Waals surface area (Å²) >= 11 is 3.29. The van der Waals surface area contributed by atoms with E-state index in [-0.39, 0.29) is 11.7 Å². The van der Waals surface area contributed by atoms with Gasteiger partial charge in [-0.2, -0.15) is 0 Å². The summed E-state index contributed by atoms with van der Waals surface area (Å²) in [6.07, 6.45) is 2.45. The van der Waals surface area contributed by atoms with Gasteiger partial charge in [-0.05, 0) is 39.9 Å². The maximum atomic E-state index is 12.1. The molecule has 0 spiro atoms. The Morgan fingerprint density at radius 1 is 1.38 bits per heavy atom. The Morgan fingerprint density at radius 2 is 2.10 bits per heavy atom. The quantitative estimate of drug-likeness (QED) is 0.871. The molecule has 0 bridgehead atoms. The summed E-state index contributed by atoms with van der Waals surface area (Å²) < 4.78 is 0.736. The smallest absolute Gasteiger partial charge is 0.255 e. The molecule has 0 aliphatic carbocycles. The Bertz CT molecular complexity index is 616. The summed E-state index contributed by atoms with van der Waals surface area (Å²) in [4.78, 5) is 16.0. The molecule has 0 radical (unpaired) electrons. The maximum absolute atomic E-state index is 12.1. The number of rotatable bonds is 5. The maximum Gasteiger partial charge on any atom is 0.255 e. The average Bonchev–Trinajstić information content (AvgIpc) is 2.50. The van der Waals surface area contributed by atoms with Crippen LogP contribution in [0.2, 0.25) is 0 Å². The number of halogens is 1. The predicted octanol–water partition coefficient (Wildman–Crippen LogP) is 3.35. The van der Waals surface area contributed by atoms with Gasteiger partial charge in [-0.25, -0.2) is 4.98 Å². The number of carbonyl (C=O) groups excluding carboxylic acids is 1. The summed E-state index contributed by atoms with van der Waals surface area (Å²) in [7, 11) is 0. The number of nitrogen functional groups attached to an aromatic ring is 1. The van der Waals surface area contributed by atoms with Crippen molar-refractivity contribution < 1.29 is 4.79 Å². The van der Waals surface area contributed by atoms with Crippen molar-refractivity contribution in [3.8, 4) is 0 Å². The zero-order valence-corrected chi connectivity index (χ0v) is 13.4. The molecule has 1 atom stereocenters. The van der Waals surface area contributed by atoms with Crippen LogP contribution in [-0.2, 0) is 0 Å². The summed E-state index contributed by atoms with van der Waals surface area (Å²) in [5, 5.41) is 2.89. The van der Waals surface area contributed by atoms with Crippen LogP contribution in [0.25, 0.3) is 0 Å². The number of nitrogens with one attached hydrogen (secondary N) is 1. The minimum atomic E-state index is -0.193. The number of hydrogen-bond donors (Lipinski definition) is 2. The lowest BCUT2D eigenvalue weighted by atomic mass is 9.98. The number of amides is 1. The number of pyridine rings is 1. The molecule has 1 heterocycles. The van der Waals surface area contributed by atoms with Gasteiger partial charge in [0.25, 0.3) is 5.91 Å². The Kier molecular flexibility index (Phi) is 5.33. The molecule has 0 aliphatic heterocycles. The third-order valence-electron chi connectivity index (χ3n) is 3.36. The second kappa shape index (κ2) is 7.22. The van der Waals surface area contributed by atoms with E-state index < -0.39 is 0 Å². The van der Waals surface area contributed by atoms with Gasteiger partial charge < -0.3 is 11.1 Å². The molecule has 0 saturated heterocycles. The molecule has 110 valence electrons. The van der Waals surface area contributed by atoms with Gasteiger partial charge in [0.05, 0.1) is 5.56 Å². The van der Waals surface area contributed by atoms with Gasteiger partial charge in [0.15, 0.2) is 0 Å². The largest absolute Gasteiger partial charge is 0.383 e. The molecule has 4 nitrogen and oxygen atoms in total. The predicted molar refractivity (Wildman–Crippen MR) is 88.2 cm³/mol. The van der Waals surface area contributed by atoms with Gasteiger partial charge >= 0.3 is 0 Å². The zero-order chi connectivity index (χ0) is 15.2. The molecule has 21 heavy (non-hydrogen) atoms. The van der Waals surface area contributed by atoms with E-state index in [1.54, 1.807) is 12.3 Å². The van der Waals surface area contributed by atoms with E-state index in [0.717, 1.165) is 10.9 Å². The number of hydrogen-bond acceptors (Lipinski definition) is 3. The average molecular weight is 348 g/mol. The minimum Gasteiger partial charge on any atom is -0.383 e. The first-order valence-electron chi connectivity index (χ1n) is 6.82. The monoisotopic (exact) mass is 347 g/mol. The van der Waals surface area contributed by atoms with Crippen LogP contribution in [-0.4, -0.2) is 17.4 Å². The Hall–Kier alpha value is -1.88. The second-order valence-electron chi connectivity index (χ2n) is 4.94. The lowest BCUT2D eigenvalue weighted by Crippen LogP contribution is -2.26. The van der Waals surface area contributed by atoms with Gasteiger partial charge in [0.1, 0.15) is 5.82 Å². The Labute approximate surface area is 132 Å². The minimum absolute atomic E-state index is 0.193. The van der Waals surface area contributed by atoms with Crippen molar-refractivity contribution in [2.45, 2.75) is 19.3 Å². The number of carbonyl (C=O) groups is 1. The fraction of sp³-hybridized carbons (Fsp3) is 0.250. The molecule has 2 rings (SSSR count). The fourth-order valence-electron chi connectivity index (χ4n) is 2.08. The molecule has 0 saturated carbocycles. The fourth-order valence-corrected chi connectivity index (χ4v) is 2.41. The molecular weight excluding hydrogens is 330 g/mol. The van der Waals surface area contributed by atoms with Crippen LogP contribution in [0, 0.1) is 0 Å². The van der Waals surface area contributed by atoms with Crippen LogP contribution in [0.15, 0.2) is 47.1 Å².